The molecule has 0 bridgehead atoms. The number of aryl methyl sites for hydroxylation is 1. The molecule has 0 atom stereocenters. The van der Waals surface area contributed by atoms with E-state index in [1.165, 1.54) is 4.90 Å². The van der Waals surface area contributed by atoms with Crippen LogP contribution in [0.5, 0.6) is 0 Å². The number of pyridine rings is 1. The second-order valence-corrected chi connectivity index (χ2v) is 4.34. The van der Waals surface area contributed by atoms with Crippen molar-refractivity contribution in [1.29, 1.82) is 0 Å². The zero-order valence-electron chi connectivity index (χ0n) is 11.3. The average Bonchev–Trinajstić information content (AvgIpc) is 2.86. The Kier molecular flexibility index (Phi) is 3.79. The molecule has 0 unspecified atom stereocenters. The summed E-state index contributed by atoms with van der Waals surface area (Å²) >= 11 is 0. The lowest BCUT2D eigenvalue weighted by atomic mass is 10.2. The Hall–Kier alpha value is -2.37. The number of hydrogen-bond acceptors (Lipinski definition) is 4. The van der Waals surface area contributed by atoms with Crippen molar-refractivity contribution in [3.8, 4) is 0 Å². The maximum atomic E-state index is 11.7. The van der Waals surface area contributed by atoms with Gasteiger partial charge in [0.1, 0.15) is 5.82 Å². The third-order valence-corrected chi connectivity index (χ3v) is 2.65. The van der Waals surface area contributed by atoms with Crippen LogP contribution in [0.3, 0.4) is 0 Å². The summed E-state index contributed by atoms with van der Waals surface area (Å²) in [6.45, 7) is 2.85. The third-order valence-electron chi connectivity index (χ3n) is 2.65. The molecule has 2 aromatic heterocycles. The molecular formula is C13H17N5O. The Morgan fingerprint density at radius 2 is 2.16 bits per heavy atom. The van der Waals surface area contributed by atoms with Gasteiger partial charge < -0.3 is 10.2 Å². The summed E-state index contributed by atoms with van der Waals surface area (Å²) in [7, 11) is 3.43. The number of rotatable bonds is 4. The van der Waals surface area contributed by atoms with Crippen LogP contribution in [0.2, 0.25) is 0 Å². The lowest BCUT2D eigenvalue weighted by molar-refractivity contribution is 0.0827. The molecule has 0 radical (unpaired) electrons. The van der Waals surface area contributed by atoms with Crippen LogP contribution in [0.1, 0.15) is 17.3 Å². The molecule has 2 rings (SSSR count). The highest BCUT2D eigenvalue weighted by Gasteiger charge is 2.08. The summed E-state index contributed by atoms with van der Waals surface area (Å²) in [5, 5.41) is 7.30. The fraction of sp³-hybridized carbons (Fsp3) is 0.308. The highest BCUT2D eigenvalue weighted by molar-refractivity contribution is 5.93. The number of amides is 1. The van der Waals surface area contributed by atoms with Gasteiger partial charge in [-0.2, -0.15) is 5.10 Å². The maximum Gasteiger partial charge on any atom is 0.254 e. The van der Waals surface area contributed by atoms with Crippen molar-refractivity contribution >= 4 is 17.4 Å². The largest absolute Gasteiger partial charge is 0.345 e. The molecular weight excluding hydrogens is 242 g/mol. The molecule has 0 aliphatic rings. The van der Waals surface area contributed by atoms with Crippen molar-refractivity contribution in [3.63, 3.8) is 0 Å². The molecule has 6 heteroatoms. The van der Waals surface area contributed by atoms with Gasteiger partial charge in [0.25, 0.3) is 5.91 Å². The van der Waals surface area contributed by atoms with Crippen LogP contribution in [-0.4, -0.2) is 39.7 Å². The Labute approximate surface area is 112 Å². The summed E-state index contributed by atoms with van der Waals surface area (Å²) in [6.07, 6.45) is 5.21. The SMILES string of the molecule is CCn1cc(Nc2ccc(C(=O)N(C)C)cn2)cn1. The van der Waals surface area contributed by atoms with Crippen LogP contribution in [0, 0.1) is 0 Å². The molecule has 1 N–H and O–H groups in total. The van der Waals surface area contributed by atoms with Crippen molar-refractivity contribution in [3.05, 3.63) is 36.3 Å². The monoisotopic (exact) mass is 259 g/mol. The number of carbonyl (C=O) groups is 1. The first kappa shape index (κ1) is 13.1. The topological polar surface area (TPSA) is 63.1 Å². The van der Waals surface area contributed by atoms with E-state index in [1.54, 1.807) is 38.6 Å². The Balaban J connectivity index is 2.08. The van der Waals surface area contributed by atoms with Gasteiger partial charge in [-0.15, -0.1) is 0 Å². The Bertz CT molecular complexity index is 559. The quantitative estimate of drug-likeness (QED) is 0.908. The second kappa shape index (κ2) is 5.51. The average molecular weight is 259 g/mol. The van der Waals surface area contributed by atoms with Gasteiger partial charge in [0.05, 0.1) is 17.4 Å². The van der Waals surface area contributed by atoms with Gasteiger partial charge in [0.15, 0.2) is 0 Å². The van der Waals surface area contributed by atoms with Crippen molar-refractivity contribution in [2.24, 2.45) is 0 Å². The van der Waals surface area contributed by atoms with Crippen molar-refractivity contribution < 1.29 is 4.79 Å². The minimum absolute atomic E-state index is 0.0575. The molecule has 0 aromatic carbocycles. The molecule has 0 fully saturated rings. The van der Waals surface area contributed by atoms with E-state index in [4.69, 9.17) is 0 Å². The number of anilines is 2. The van der Waals surface area contributed by atoms with Gasteiger partial charge in [-0.25, -0.2) is 4.98 Å². The fourth-order valence-electron chi connectivity index (χ4n) is 1.60. The summed E-state index contributed by atoms with van der Waals surface area (Å²) in [5.41, 5.74) is 1.45. The van der Waals surface area contributed by atoms with Crippen LogP contribution in [-0.2, 0) is 6.54 Å². The number of nitrogens with zero attached hydrogens (tertiary/aromatic N) is 4. The minimum atomic E-state index is -0.0575. The molecule has 0 aliphatic heterocycles. The molecule has 0 spiro atoms. The molecule has 2 heterocycles. The fourth-order valence-corrected chi connectivity index (χ4v) is 1.60. The minimum Gasteiger partial charge on any atom is -0.345 e. The summed E-state index contributed by atoms with van der Waals surface area (Å²) in [4.78, 5) is 17.4. The van der Waals surface area contributed by atoms with Crippen LogP contribution in [0.4, 0.5) is 11.5 Å². The number of nitrogens with one attached hydrogen (secondary N) is 1. The zero-order chi connectivity index (χ0) is 13.8. The van der Waals surface area contributed by atoms with Gasteiger partial charge in [-0.3, -0.25) is 9.48 Å². The maximum absolute atomic E-state index is 11.7. The number of carbonyl (C=O) groups excluding carboxylic acids is 1. The predicted molar refractivity (Wildman–Crippen MR) is 73.4 cm³/mol. The van der Waals surface area contributed by atoms with Crippen molar-refractivity contribution in [2.45, 2.75) is 13.5 Å². The van der Waals surface area contributed by atoms with E-state index in [0.29, 0.717) is 11.4 Å². The zero-order valence-corrected chi connectivity index (χ0v) is 11.3. The van der Waals surface area contributed by atoms with E-state index in [0.717, 1.165) is 12.2 Å². The van der Waals surface area contributed by atoms with Crippen LogP contribution >= 0.6 is 0 Å². The van der Waals surface area contributed by atoms with E-state index in [2.05, 4.69) is 15.4 Å². The third kappa shape index (κ3) is 3.09. The van der Waals surface area contributed by atoms with Crippen LogP contribution in [0.25, 0.3) is 0 Å². The number of aromatic nitrogens is 3. The second-order valence-electron chi connectivity index (χ2n) is 4.34. The standard InChI is InChI=1S/C13H17N5O/c1-4-18-9-11(8-15-18)16-12-6-5-10(7-14-12)13(19)17(2)3/h5-9H,4H2,1-3H3,(H,14,16). The van der Waals surface area contributed by atoms with E-state index in [9.17, 15) is 4.79 Å². The molecule has 1 amide bonds. The lowest BCUT2D eigenvalue weighted by Crippen LogP contribution is -2.21. The van der Waals surface area contributed by atoms with Crippen molar-refractivity contribution in [2.75, 3.05) is 19.4 Å². The molecule has 2 aromatic rings. The smallest absolute Gasteiger partial charge is 0.254 e. The summed E-state index contributed by atoms with van der Waals surface area (Å²) in [6, 6.07) is 3.53. The molecule has 0 aliphatic carbocycles. The van der Waals surface area contributed by atoms with E-state index < -0.39 is 0 Å². The summed E-state index contributed by atoms with van der Waals surface area (Å²) in [5.74, 6) is 0.629. The van der Waals surface area contributed by atoms with Crippen LogP contribution < -0.4 is 5.32 Å². The highest BCUT2D eigenvalue weighted by atomic mass is 16.2. The Morgan fingerprint density at radius 1 is 1.37 bits per heavy atom. The summed E-state index contributed by atoms with van der Waals surface area (Å²) < 4.78 is 1.83. The van der Waals surface area contributed by atoms with Gasteiger partial charge in [-0.05, 0) is 19.1 Å². The van der Waals surface area contributed by atoms with E-state index >= 15 is 0 Å². The predicted octanol–water partition coefficient (Wildman–Crippen LogP) is 1.74. The Morgan fingerprint density at radius 3 is 2.68 bits per heavy atom. The van der Waals surface area contributed by atoms with Gasteiger partial charge in [-0.1, -0.05) is 0 Å². The van der Waals surface area contributed by atoms with Crippen molar-refractivity contribution in [1.82, 2.24) is 19.7 Å². The first-order valence-electron chi connectivity index (χ1n) is 6.07. The van der Waals surface area contributed by atoms with Gasteiger partial charge in [0, 0.05) is 33.0 Å². The molecule has 100 valence electrons. The molecule has 6 nitrogen and oxygen atoms in total. The first-order chi connectivity index (χ1) is 9.10. The first-order valence-corrected chi connectivity index (χ1v) is 6.07. The molecule has 19 heavy (non-hydrogen) atoms. The number of hydrogen-bond donors (Lipinski definition) is 1. The van der Waals surface area contributed by atoms with Crippen LogP contribution in [0.15, 0.2) is 30.7 Å². The highest BCUT2D eigenvalue weighted by Crippen LogP contribution is 2.14. The van der Waals surface area contributed by atoms with E-state index in [-0.39, 0.29) is 5.91 Å². The normalized spacial score (nSPS) is 10.3. The molecule has 0 saturated heterocycles. The molecule has 0 saturated carbocycles. The van der Waals surface area contributed by atoms with Gasteiger partial charge >= 0.3 is 0 Å². The lowest BCUT2D eigenvalue weighted by Gasteiger charge is -2.10. The van der Waals surface area contributed by atoms with E-state index in [1.807, 2.05) is 17.8 Å². The van der Waals surface area contributed by atoms with Gasteiger partial charge in [0.2, 0.25) is 0 Å².